The van der Waals surface area contributed by atoms with E-state index in [2.05, 4.69) is 29.4 Å². The summed E-state index contributed by atoms with van der Waals surface area (Å²) >= 11 is 0. The zero-order chi connectivity index (χ0) is 19.0. The van der Waals surface area contributed by atoms with Crippen molar-refractivity contribution in [3.63, 3.8) is 0 Å². The van der Waals surface area contributed by atoms with Crippen LogP contribution in [-0.4, -0.2) is 15.3 Å². The highest BCUT2D eigenvalue weighted by molar-refractivity contribution is 6.05. The van der Waals surface area contributed by atoms with Crippen LogP contribution in [0.2, 0.25) is 0 Å². The summed E-state index contributed by atoms with van der Waals surface area (Å²) in [6, 6.07) is 17.7. The molecule has 0 bridgehead atoms. The van der Waals surface area contributed by atoms with Crippen LogP contribution in [0.25, 0.3) is 16.9 Å². The van der Waals surface area contributed by atoms with Gasteiger partial charge in [0.25, 0.3) is 5.91 Å². The van der Waals surface area contributed by atoms with E-state index in [4.69, 9.17) is 0 Å². The molecule has 0 fully saturated rings. The highest BCUT2D eigenvalue weighted by Gasteiger charge is 2.10. The standard InChI is InChI=1S/C23H21N3O/c1-15-4-9-20(17(3)12-15)23(27)24-19-7-5-18(6-8-19)21-14-26-11-10-16(2)13-22(26)25-21/h4-14H,1-3H3,(H,24,27). The van der Waals surface area contributed by atoms with Crippen molar-refractivity contribution in [1.29, 1.82) is 0 Å². The number of carbonyl (C=O) groups excluding carboxylic acids is 1. The summed E-state index contributed by atoms with van der Waals surface area (Å²) in [5.41, 5.74) is 7.62. The smallest absolute Gasteiger partial charge is 0.255 e. The number of benzene rings is 2. The highest BCUT2D eigenvalue weighted by atomic mass is 16.1. The van der Waals surface area contributed by atoms with E-state index in [1.807, 2.05) is 73.1 Å². The summed E-state index contributed by atoms with van der Waals surface area (Å²) < 4.78 is 2.01. The topological polar surface area (TPSA) is 46.4 Å². The van der Waals surface area contributed by atoms with Gasteiger partial charge < -0.3 is 9.72 Å². The number of anilines is 1. The molecule has 4 rings (SSSR count). The molecule has 4 heteroatoms. The number of amides is 1. The largest absolute Gasteiger partial charge is 0.322 e. The van der Waals surface area contributed by atoms with E-state index in [9.17, 15) is 4.79 Å². The normalized spacial score (nSPS) is 10.9. The number of pyridine rings is 1. The molecule has 2 aromatic carbocycles. The summed E-state index contributed by atoms with van der Waals surface area (Å²) in [5.74, 6) is -0.0940. The first-order valence-electron chi connectivity index (χ1n) is 8.94. The molecule has 0 spiro atoms. The third-order valence-electron chi connectivity index (χ3n) is 4.68. The van der Waals surface area contributed by atoms with Gasteiger partial charge in [-0.1, -0.05) is 29.8 Å². The molecule has 4 aromatic rings. The van der Waals surface area contributed by atoms with Crippen LogP contribution in [0.5, 0.6) is 0 Å². The number of carbonyl (C=O) groups is 1. The number of rotatable bonds is 3. The van der Waals surface area contributed by atoms with E-state index in [0.29, 0.717) is 5.56 Å². The summed E-state index contributed by atoms with van der Waals surface area (Å²) in [4.78, 5) is 17.2. The third-order valence-corrected chi connectivity index (χ3v) is 4.68. The first-order chi connectivity index (χ1) is 13.0. The van der Waals surface area contributed by atoms with Crippen molar-refractivity contribution < 1.29 is 4.79 Å². The maximum Gasteiger partial charge on any atom is 0.255 e. The van der Waals surface area contributed by atoms with Gasteiger partial charge in [-0.15, -0.1) is 0 Å². The van der Waals surface area contributed by atoms with Crippen LogP contribution < -0.4 is 5.32 Å². The van der Waals surface area contributed by atoms with E-state index in [1.165, 1.54) is 5.56 Å². The number of aryl methyl sites for hydroxylation is 3. The minimum Gasteiger partial charge on any atom is -0.322 e. The van der Waals surface area contributed by atoms with Crippen molar-refractivity contribution in [3.05, 3.63) is 89.2 Å². The molecule has 0 unspecified atom stereocenters. The molecule has 0 aliphatic rings. The zero-order valence-electron chi connectivity index (χ0n) is 15.7. The predicted octanol–water partition coefficient (Wildman–Crippen LogP) is 5.18. The Morgan fingerprint density at radius 3 is 2.41 bits per heavy atom. The molecule has 2 heterocycles. The number of aromatic nitrogens is 2. The van der Waals surface area contributed by atoms with Crippen molar-refractivity contribution >= 4 is 17.2 Å². The number of nitrogens with one attached hydrogen (secondary N) is 1. The molecule has 1 N–H and O–H groups in total. The Kier molecular flexibility index (Phi) is 4.24. The zero-order valence-corrected chi connectivity index (χ0v) is 15.7. The molecule has 0 saturated heterocycles. The molecule has 0 saturated carbocycles. The minimum absolute atomic E-state index is 0.0940. The minimum atomic E-state index is -0.0940. The number of hydrogen-bond acceptors (Lipinski definition) is 2. The Labute approximate surface area is 158 Å². The number of imidazole rings is 1. The van der Waals surface area contributed by atoms with Crippen molar-refractivity contribution in [2.75, 3.05) is 5.32 Å². The Morgan fingerprint density at radius 2 is 1.67 bits per heavy atom. The lowest BCUT2D eigenvalue weighted by molar-refractivity contribution is 0.102. The van der Waals surface area contributed by atoms with E-state index < -0.39 is 0 Å². The average molecular weight is 355 g/mol. The monoisotopic (exact) mass is 355 g/mol. The number of hydrogen-bond donors (Lipinski definition) is 1. The Morgan fingerprint density at radius 1 is 0.926 bits per heavy atom. The number of fused-ring (bicyclic) bond motifs is 1. The van der Waals surface area contributed by atoms with Gasteiger partial charge in [0.05, 0.1) is 5.69 Å². The first kappa shape index (κ1) is 17.0. The van der Waals surface area contributed by atoms with Crippen LogP contribution in [0.15, 0.2) is 67.0 Å². The van der Waals surface area contributed by atoms with Crippen LogP contribution in [0.4, 0.5) is 5.69 Å². The molecule has 0 radical (unpaired) electrons. The molecular formula is C23H21N3O. The van der Waals surface area contributed by atoms with Crippen molar-refractivity contribution in [3.8, 4) is 11.3 Å². The second-order valence-corrected chi connectivity index (χ2v) is 6.95. The Balaban J connectivity index is 1.55. The van der Waals surface area contributed by atoms with E-state index in [1.54, 1.807) is 0 Å². The summed E-state index contributed by atoms with van der Waals surface area (Å²) in [6.07, 6.45) is 4.03. The lowest BCUT2D eigenvalue weighted by atomic mass is 10.1. The van der Waals surface area contributed by atoms with Crippen LogP contribution in [0, 0.1) is 20.8 Å². The summed E-state index contributed by atoms with van der Waals surface area (Å²) in [7, 11) is 0. The van der Waals surface area contributed by atoms with Gasteiger partial charge in [0.15, 0.2) is 0 Å². The van der Waals surface area contributed by atoms with Gasteiger partial charge in [-0.3, -0.25) is 4.79 Å². The molecule has 27 heavy (non-hydrogen) atoms. The van der Waals surface area contributed by atoms with E-state index in [-0.39, 0.29) is 5.91 Å². The SMILES string of the molecule is Cc1ccc(C(=O)Nc2ccc(-c3cn4ccc(C)cc4n3)cc2)c(C)c1. The van der Waals surface area contributed by atoms with Gasteiger partial charge in [0.2, 0.25) is 0 Å². The Bertz CT molecular complexity index is 1140. The highest BCUT2D eigenvalue weighted by Crippen LogP contribution is 2.22. The molecule has 134 valence electrons. The van der Waals surface area contributed by atoms with Crippen molar-refractivity contribution in [2.45, 2.75) is 20.8 Å². The summed E-state index contributed by atoms with van der Waals surface area (Å²) in [5, 5.41) is 2.97. The first-order valence-corrected chi connectivity index (χ1v) is 8.94. The molecule has 0 aliphatic carbocycles. The van der Waals surface area contributed by atoms with E-state index >= 15 is 0 Å². The van der Waals surface area contributed by atoms with Gasteiger partial charge in [-0.2, -0.15) is 0 Å². The fourth-order valence-electron chi connectivity index (χ4n) is 3.21. The fourth-order valence-corrected chi connectivity index (χ4v) is 3.21. The third kappa shape index (κ3) is 3.47. The lowest BCUT2D eigenvalue weighted by Crippen LogP contribution is -2.13. The second kappa shape index (κ2) is 6.72. The van der Waals surface area contributed by atoms with Gasteiger partial charge >= 0.3 is 0 Å². The van der Waals surface area contributed by atoms with Crippen molar-refractivity contribution in [2.24, 2.45) is 0 Å². The predicted molar refractivity (Wildman–Crippen MR) is 109 cm³/mol. The molecule has 0 atom stereocenters. The maximum atomic E-state index is 12.5. The maximum absolute atomic E-state index is 12.5. The van der Waals surface area contributed by atoms with E-state index in [0.717, 1.165) is 33.7 Å². The molecule has 2 aromatic heterocycles. The van der Waals surface area contributed by atoms with Crippen LogP contribution in [0.3, 0.4) is 0 Å². The van der Waals surface area contributed by atoms with Gasteiger partial charge in [0, 0.05) is 29.2 Å². The average Bonchev–Trinajstić information content (AvgIpc) is 3.05. The molecular weight excluding hydrogens is 334 g/mol. The van der Waals surface area contributed by atoms with Gasteiger partial charge in [-0.05, 0) is 62.2 Å². The molecule has 0 aliphatic heterocycles. The van der Waals surface area contributed by atoms with Crippen LogP contribution in [-0.2, 0) is 0 Å². The second-order valence-electron chi connectivity index (χ2n) is 6.95. The van der Waals surface area contributed by atoms with Gasteiger partial charge in [-0.25, -0.2) is 4.98 Å². The molecule has 1 amide bonds. The molecule has 4 nitrogen and oxygen atoms in total. The van der Waals surface area contributed by atoms with Crippen LogP contribution in [0.1, 0.15) is 27.0 Å². The number of nitrogens with zero attached hydrogens (tertiary/aromatic N) is 2. The lowest BCUT2D eigenvalue weighted by Gasteiger charge is -2.09. The summed E-state index contributed by atoms with van der Waals surface area (Å²) in [6.45, 7) is 6.03. The van der Waals surface area contributed by atoms with Crippen LogP contribution >= 0.6 is 0 Å². The van der Waals surface area contributed by atoms with Gasteiger partial charge in [0.1, 0.15) is 5.65 Å². The fraction of sp³-hybridized carbons (Fsp3) is 0.130. The quantitative estimate of drug-likeness (QED) is 0.550. The van der Waals surface area contributed by atoms with Crippen molar-refractivity contribution in [1.82, 2.24) is 9.38 Å². The Hall–Kier alpha value is -3.40.